The second-order valence-electron chi connectivity index (χ2n) is 4.58. The molecule has 17 heavy (non-hydrogen) atoms. The molecule has 2 rings (SSSR count). The Morgan fingerprint density at radius 2 is 2.18 bits per heavy atom. The lowest BCUT2D eigenvalue weighted by atomic mass is 9.80. The SMILES string of the molecule is CC(Nc1cc(F)cc([N+](=O)[O-])c1)C1CCC1. The highest BCUT2D eigenvalue weighted by molar-refractivity contribution is 5.52. The number of nitro groups is 1. The number of anilines is 1. The van der Waals surface area contributed by atoms with Crippen LogP contribution in [0.15, 0.2) is 18.2 Å². The maximum Gasteiger partial charge on any atom is 0.274 e. The highest BCUT2D eigenvalue weighted by Gasteiger charge is 2.24. The second kappa shape index (κ2) is 4.69. The van der Waals surface area contributed by atoms with Crippen LogP contribution in [0.4, 0.5) is 15.8 Å². The van der Waals surface area contributed by atoms with Gasteiger partial charge in [0.05, 0.1) is 11.0 Å². The standard InChI is InChI=1S/C12H15FN2O2/c1-8(9-3-2-4-9)14-11-5-10(13)6-12(7-11)15(16)17/h5-9,14H,2-4H2,1H3. The third-order valence-electron chi connectivity index (χ3n) is 3.34. The molecular formula is C12H15FN2O2. The Kier molecular flexibility index (Phi) is 3.26. The molecule has 92 valence electrons. The van der Waals surface area contributed by atoms with E-state index in [0.717, 1.165) is 6.07 Å². The Bertz CT molecular complexity index is 433. The Morgan fingerprint density at radius 1 is 1.47 bits per heavy atom. The molecule has 0 bridgehead atoms. The van der Waals surface area contributed by atoms with E-state index in [9.17, 15) is 14.5 Å². The van der Waals surface area contributed by atoms with Crippen LogP contribution in [-0.4, -0.2) is 11.0 Å². The van der Waals surface area contributed by atoms with Crippen molar-refractivity contribution in [3.63, 3.8) is 0 Å². The Morgan fingerprint density at radius 3 is 2.71 bits per heavy atom. The lowest BCUT2D eigenvalue weighted by Crippen LogP contribution is -2.30. The smallest absolute Gasteiger partial charge is 0.274 e. The molecule has 1 atom stereocenters. The van der Waals surface area contributed by atoms with Gasteiger partial charge in [0.1, 0.15) is 5.82 Å². The van der Waals surface area contributed by atoms with Crippen LogP contribution in [0.25, 0.3) is 0 Å². The average molecular weight is 238 g/mol. The third kappa shape index (κ3) is 2.72. The molecule has 1 aliphatic rings. The number of nitro benzene ring substituents is 1. The van der Waals surface area contributed by atoms with Crippen LogP contribution in [0.1, 0.15) is 26.2 Å². The highest BCUT2D eigenvalue weighted by Crippen LogP contribution is 2.31. The largest absolute Gasteiger partial charge is 0.382 e. The van der Waals surface area contributed by atoms with Crippen molar-refractivity contribution in [2.24, 2.45) is 5.92 Å². The van der Waals surface area contributed by atoms with Crippen LogP contribution in [0.3, 0.4) is 0 Å². The van der Waals surface area contributed by atoms with Crippen LogP contribution >= 0.6 is 0 Å². The van der Waals surface area contributed by atoms with Gasteiger partial charge in [-0.05, 0) is 31.7 Å². The Hall–Kier alpha value is -1.65. The third-order valence-corrected chi connectivity index (χ3v) is 3.34. The van der Waals surface area contributed by atoms with Crippen LogP contribution in [0, 0.1) is 21.8 Å². The summed E-state index contributed by atoms with van der Waals surface area (Å²) in [5, 5.41) is 13.7. The average Bonchev–Trinajstić information content (AvgIpc) is 2.13. The van der Waals surface area contributed by atoms with Crippen molar-refractivity contribution in [1.29, 1.82) is 0 Å². The van der Waals surface area contributed by atoms with Gasteiger partial charge in [0.15, 0.2) is 0 Å². The first-order valence-electron chi connectivity index (χ1n) is 5.78. The number of hydrogen-bond donors (Lipinski definition) is 1. The first kappa shape index (κ1) is 11.8. The lowest BCUT2D eigenvalue weighted by Gasteiger charge is -2.32. The van der Waals surface area contributed by atoms with Gasteiger partial charge in [0.25, 0.3) is 5.69 Å². The fraction of sp³-hybridized carbons (Fsp3) is 0.500. The van der Waals surface area contributed by atoms with Crippen molar-refractivity contribution in [2.45, 2.75) is 32.2 Å². The molecule has 1 N–H and O–H groups in total. The summed E-state index contributed by atoms with van der Waals surface area (Å²) in [4.78, 5) is 10.0. The van der Waals surface area contributed by atoms with E-state index in [2.05, 4.69) is 5.32 Å². The highest BCUT2D eigenvalue weighted by atomic mass is 19.1. The molecule has 1 aromatic carbocycles. The van der Waals surface area contributed by atoms with Gasteiger partial charge in [-0.2, -0.15) is 0 Å². The Labute approximate surface area is 99.0 Å². The molecule has 0 radical (unpaired) electrons. The molecule has 4 nitrogen and oxygen atoms in total. The molecule has 1 aliphatic carbocycles. The van der Waals surface area contributed by atoms with Gasteiger partial charge in [0, 0.05) is 17.8 Å². The van der Waals surface area contributed by atoms with E-state index in [0.29, 0.717) is 11.6 Å². The maximum absolute atomic E-state index is 13.2. The van der Waals surface area contributed by atoms with Crippen molar-refractivity contribution in [1.82, 2.24) is 0 Å². The van der Waals surface area contributed by atoms with Gasteiger partial charge in [-0.15, -0.1) is 0 Å². The summed E-state index contributed by atoms with van der Waals surface area (Å²) in [6.07, 6.45) is 3.58. The number of nitrogens with one attached hydrogen (secondary N) is 1. The molecule has 0 saturated heterocycles. The van der Waals surface area contributed by atoms with Gasteiger partial charge in [-0.3, -0.25) is 10.1 Å². The summed E-state index contributed by atoms with van der Waals surface area (Å²) in [5.74, 6) is 0.0137. The van der Waals surface area contributed by atoms with Gasteiger partial charge in [-0.25, -0.2) is 4.39 Å². The molecule has 1 saturated carbocycles. The van der Waals surface area contributed by atoms with Crippen LogP contribution in [-0.2, 0) is 0 Å². The number of halogens is 1. The van der Waals surface area contributed by atoms with Gasteiger partial charge in [0.2, 0.25) is 0 Å². The van der Waals surface area contributed by atoms with Crippen LogP contribution < -0.4 is 5.32 Å². The number of rotatable bonds is 4. The summed E-state index contributed by atoms with van der Waals surface area (Å²) >= 11 is 0. The normalized spacial score (nSPS) is 17.3. The minimum atomic E-state index is -0.581. The second-order valence-corrected chi connectivity index (χ2v) is 4.58. The molecular weight excluding hydrogens is 223 g/mol. The lowest BCUT2D eigenvalue weighted by molar-refractivity contribution is -0.385. The van der Waals surface area contributed by atoms with E-state index in [1.165, 1.54) is 31.4 Å². The zero-order valence-corrected chi connectivity index (χ0v) is 9.65. The molecule has 0 spiro atoms. The maximum atomic E-state index is 13.2. The monoisotopic (exact) mass is 238 g/mol. The van der Waals surface area contributed by atoms with Crippen molar-refractivity contribution in [3.8, 4) is 0 Å². The number of hydrogen-bond acceptors (Lipinski definition) is 3. The number of benzene rings is 1. The Balaban J connectivity index is 2.11. The van der Waals surface area contributed by atoms with E-state index in [1.807, 2.05) is 6.92 Å². The van der Waals surface area contributed by atoms with Gasteiger partial charge < -0.3 is 5.32 Å². The number of non-ortho nitro benzene ring substituents is 1. The van der Waals surface area contributed by atoms with Crippen molar-refractivity contribution < 1.29 is 9.31 Å². The van der Waals surface area contributed by atoms with Crippen LogP contribution in [0.5, 0.6) is 0 Å². The predicted octanol–water partition coefficient (Wildman–Crippen LogP) is 3.33. The van der Waals surface area contributed by atoms with Crippen LogP contribution in [0.2, 0.25) is 0 Å². The van der Waals surface area contributed by atoms with Crippen molar-refractivity contribution >= 4 is 11.4 Å². The van der Waals surface area contributed by atoms with E-state index in [-0.39, 0.29) is 11.7 Å². The zero-order chi connectivity index (χ0) is 12.4. The summed E-state index contributed by atoms with van der Waals surface area (Å²) in [6, 6.07) is 3.82. The van der Waals surface area contributed by atoms with E-state index < -0.39 is 10.7 Å². The van der Waals surface area contributed by atoms with E-state index in [1.54, 1.807) is 0 Å². The zero-order valence-electron chi connectivity index (χ0n) is 9.65. The summed E-state index contributed by atoms with van der Waals surface area (Å²) < 4.78 is 13.2. The summed E-state index contributed by atoms with van der Waals surface area (Å²) in [5.41, 5.74) is 0.268. The first-order chi connectivity index (χ1) is 8.06. The molecule has 1 fully saturated rings. The fourth-order valence-corrected chi connectivity index (χ4v) is 2.08. The fourth-order valence-electron chi connectivity index (χ4n) is 2.08. The van der Waals surface area contributed by atoms with Crippen molar-refractivity contribution in [3.05, 3.63) is 34.1 Å². The molecule has 0 aromatic heterocycles. The topological polar surface area (TPSA) is 55.2 Å². The minimum Gasteiger partial charge on any atom is -0.382 e. The van der Waals surface area contributed by atoms with E-state index in [4.69, 9.17) is 0 Å². The van der Waals surface area contributed by atoms with Crippen molar-refractivity contribution in [2.75, 3.05) is 5.32 Å². The number of nitrogens with zero attached hydrogens (tertiary/aromatic N) is 1. The molecule has 1 unspecified atom stereocenters. The predicted molar refractivity (Wildman–Crippen MR) is 63.5 cm³/mol. The van der Waals surface area contributed by atoms with Gasteiger partial charge in [-0.1, -0.05) is 6.42 Å². The first-order valence-corrected chi connectivity index (χ1v) is 5.78. The molecule has 0 amide bonds. The molecule has 1 aromatic rings. The van der Waals surface area contributed by atoms with Gasteiger partial charge >= 0.3 is 0 Å². The molecule has 0 aliphatic heterocycles. The van der Waals surface area contributed by atoms with E-state index >= 15 is 0 Å². The summed E-state index contributed by atoms with van der Waals surface area (Å²) in [6.45, 7) is 2.03. The quantitative estimate of drug-likeness (QED) is 0.646. The summed E-state index contributed by atoms with van der Waals surface area (Å²) in [7, 11) is 0. The minimum absolute atomic E-state index is 0.215. The molecule has 5 heteroatoms. The molecule has 0 heterocycles.